The van der Waals surface area contributed by atoms with Gasteiger partial charge in [-0.3, -0.25) is 4.79 Å². The first-order valence-corrected chi connectivity index (χ1v) is 9.11. The van der Waals surface area contributed by atoms with Gasteiger partial charge in [-0.1, -0.05) is 43.2 Å². The molecule has 0 saturated heterocycles. The van der Waals surface area contributed by atoms with Gasteiger partial charge in [0.2, 0.25) is 5.91 Å². The number of rotatable bonds is 4. The fourth-order valence-corrected chi connectivity index (χ4v) is 4.03. The van der Waals surface area contributed by atoms with E-state index in [4.69, 9.17) is 0 Å². The van der Waals surface area contributed by atoms with Crippen LogP contribution in [0.2, 0.25) is 0 Å². The van der Waals surface area contributed by atoms with Crippen molar-refractivity contribution in [1.82, 2.24) is 15.3 Å². The standard InChI is InChI=1S/C21H22FN3O/c1-14(19-24-17-10-4-5-11-18(17)25-19)23-20(26)21(12-6-7-13-21)15-8-2-3-9-16(15)22/h2-5,8-11,14H,6-7,12-13H2,1H3,(H,23,26)(H,24,25)/t14-/m0/s1. The van der Waals surface area contributed by atoms with Gasteiger partial charge in [0, 0.05) is 5.56 Å². The minimum atomic E-state index is -0.786. The molecule has 1 amide bonds. The summed E-state index contributed by atoms with van der Waals surface area (Å²) in [5.74, 6) is 0.287. The lowest BCUT2D eigenvalue weighted by atomic mass is 9.77. The molecule has 5 heteroatoms. The predicted molar refractivity (Wildman–Crippen MR) is 99.2 cm³/mol. The number of aromatic amines is 1. The third-order valence-electron chi connectivity index (χ3n) is 5.45. The Morgan fingerprint density at radius 3 is 2.58 bits per heavy atom. The zero-order valence-electron chi connectivity index (χ0n) is 14.8. The molecule has 2 aromatic carbocycles. The first kappa shape index (κ1) is 16.8. The van der Waals surface area contributed by atoms with Gasteiger partial charge in [0.25, 0.3) is 0 Å². The predicted octanol–water partition coefficient (Wildman–Crippen LogP) is 4.39. The Kier molecular flexibility index (Phi) is 4.23. The summed E-state index contributed by atoms with van der Waals surface area (Å²) in [6.07, 6.45) is 3.21. The Balaban J connectivity index is 1.62. The quantitative estimate of drug-likeness (QED) is 0.732. The number of benzene rings is 2. The molecule has 4 rings (SSSR count). The number of imidazole rings is 1. The van der Waals surface area contributed by atoms with E-state index >= 15 is 0 Å². The van der Waals surface area contributed by atoms with Crippen molar-refractivity contribution < 1.29 is 9.18 Å². The summed E-state index contributed by atoms with van der Waals surface area (Å²) in [4.78, 5) is 21.0. The van der Waals surface area contributed by atoms with E-state index in [1.807, 2.05) is 31.2 Å². The van der Waals surface area contributed by atoms with E-state index < -0.39 is 5.41 Å². The fraction of sp³-hybridized carbons (Fsp3) is 0.333. The number of fused-ring (bicyclic) bond motifs is 1. The first-order valence-electron chi connectivity index (χ1n) is 9.11. The molecular weight excluding hydrogens is 329 g/mol. The summed E-state index contributed by atoms with van der Waals surface area (Å²) < 4.78 is 14.4. The van der Waals surface area contributed by atoms with Crippen LogP contribution in [0.4, 0.5) is 4.39 Å². The first-order chi connectivity index (χ1) is 12.6. The van der Waals surface area contributed by atoms with Crippen molar-refractivity contribution in [1.29, 1.82) is 0 Å². The number of hydrogen-bond acceptors (Lipinski definition) is 2. The second-order valence-corrected chi connectivity index (χ2v) is 7.10. The van der Waals surface area contributed by atoms with Gasteiger partial charge < -0.3 is 10.3 Å². The van der Waals surface area contributed by atoms with Crippen LogP contribution in [-0.4, -0.2) is 15.9 Å². The van der Waals surface area contributed by atoms with Gasteiger partial charge in [0.15, 0.2) is 0 Å². The Morgan fingerprint density at radius 2 is 1.85 bits per heavy atom. The van der Waals surface area contributed by atoms with Crippen molar-refractivity contribution in [2.24, 2.45) is 0 Å². The molecule has 134 valence electrons. The van der Waals surface area contributed by atoms with Crippen molar-refractivity contribution in [3.05, 3.63) is 65.7 Å². The lowest BCUT2D eigenvalue weighted by Crippen LogP contribution is -2.44. The monoisotopic (exact) mass is 351 g/mol. The van der Waals surface area contributed by atoms with Gasteiger partial charge in [-0.2, -0.15) is 0 Å². The van der Waals surface area contributed by atoms with Crippen LogP contribution in [0.1, 0.15) is 50.0 Å². The summed E-state index contributed by atoms with van der Waals surface area (Å²) >= 11 is 0. The Hall–Kier alpha value is -2.69. The van der Waals surface area contributed by atoms with Crippen LogP contribution >= 0.6 is 0 Å². The topological polar surface area (TPSA) is 57.8 Å². The van der Waals surface area contributed by atoms with E-state index in [0.29, 0.717) is 24.2 Å². The van der Waals surface area contributed by atoms with Crippen molar-refractivity contribution >= 4 is 16.9 Å². The van der Waals surface area contributed by atoms with Gasteiger partial charge in [-0.25, -0.2) is 9.37 Å². The van der Waals surface area contributed by atoms with E-state index in [2.05, 4.69) is 15.3 Å². The number of halogens is 1. The highest BCUT2D eigenvalue weighted by molar-refractivity contribution is 5.89. The normalized spacial score (nSPS) is 17.3. The van der Waals surface area contributed by atoms with Gasteiger partial charge in [-0.15, -0.1) is 0 Å². The number of carbonyl (C=O) groups is 1. The summed E-state index contributed by atoms with van der Waals surface area (Å²) in [6, 6.07) is 14.1. The number of hydrogen-bond donors (Lipinski definition) is 2. The Bertz CT molecular complexity index is 910. The fourth-order valence-electron chi connectivity index (χ4n) is 4.03. The van der Waals surface area contributed by atoms with E-state index in [1.54, 1.807) is 18.2 Å². The van der Waals surface area contributed by atoms with Crippen LogP contribution in [0.3, 0.4) is 0 Å². The zero-order valence-corrected chi connectivity index (χ0v) is 14.8. The van der Waals surface area contributed by atoms with E-state index in [9.17, 15) is 9.18 Å². The number of amides is 1. The molecule has 0 unspecified atom stereocenters. The molecule has 0 aliphatic heterocycles. The van der Waals surface area contributed by atoms with Crippen LogP contribution in [0.25, 0.3) is 11.0 Å². The second kappa shape index (κ2) is 6.56. The third-order valence-corrected chi connectivity index (χ3v) is 5.45. The molecule has 1 aromatic heterocycles. The van der Waals surface area contributed by atoms with E-state index in [1.165, 1.54) is 6.07 Å². The van der Waals surface area contributed by atoms with Gasteiger partial charge in [-0.05, 0) is 38.0 Å². The van der Waals surface area contributed by atoms with E-state index in [-0.39, 0.29) is 17.8 Å². The highest BCUT2D eigenvalue weighted by Gasteiger charge is 2.44. The molecule has 3 aromatic rings. The maximum absolute atomic E-state index is 14.4. The highest BCUT2D eigenvalue weighted by atomic mass is 19.1. The summed E-state index contributed by atoms with van der Waals surface area (Å²) in [6.45, 7) is 1.90. The summed E-state index contributed by atoms with van der Waals surface area (Å²) in [7, 11) is 0. The largest absolute Gasteiger partial charge is 0.346 e. The third kappa shape index (κ3) is 2.77. The Morgan fingerprint density at radius 1 is 1.15 bits per heavy atom. The molecule has 1 aliphatic rings. The van der Waals surface area contributed by atoms with E-state index in [0.717, 1.165) is 23.9 Å². The van der Waals surface area contributed by atoms with Crippen molar-refractivity contribution in [2.45, 2.75) is 44.1 Å². The zero-order chi connectivity index (χ0) is 18.1. The Labute approximate surface area is 151 Å². The smallest absolute Gasteiger partial charge is 0.231 e. The molecule has 2 N–H and O–H groups in total. The molecule has 1 heterocycles. The SMILES string of the molecule is C[C@H](NC(=O)C1(c2ccccc2F)CCCC1)c1nc2ccccc2[nH]1. The molecule has 0 bridgehead atoms. The van der Waals surface area contributed by atoms with Gasteiger partial charge in [0.05, 0.1) is 22.5 Å². The molecule has 26 heavy (non-hydrogen) atoms. The molecule has 0 spiro atoms. The lowest BCUT2D eigenvalue weighted by molar-refractivity contribution is -0.127. The van der Waals surface area contributed by atoms with Crippen molar-refractivity contribution in [3.63, 3.8) is 0 Å². The van der Waals surface area contributed by atoms with Crippen LogP contribution in [0.15, 0.2) is 48.5 Å². The maximum atomic E-state index is 14.4. The molecule has 4 nitrogen and oxygen atoms in total. The number of nitrogens with zero attached hydrogens (tertiary/aromatic N) is 1. The molecule has 1 fully saturated rings. The summed E-state index contributed by atoms with van der Waals surface area (Å²) in [5.41, 5.74) is 1.53. The molecule has 1 saturated carbocycles. The molecule has 1 atom stereocenters. The lowest BCUT2D eigenvalue weighted by Gasteiger charge is -2.30. The van der Waals surface area contributed by atoms with Gasteiger partial charge >= 0.3 is 0 Å². The average molecular weight is 351 g/mol. The number of nitrogens with one attached hydrogen (secondary N) is 2. The average Bonchev–Trinajstić information content (AvgIpc) is 3.30. The van der Waals surface area contributed by atoms with Crippen molar-refractivity contribution in [2.75, 3.05) is 0 Å². The van der Waals surface area contributed by atoms with Crippen LogP contribution < -0.4 is 5.32 Å². The van der Waals surface area contributed by atoms with Gasteiger partial charge in [0.1, 0.15) is 11.6 Å². The van der Waals surface area contributed by atoms with Crippen LogP contribution in [0, 0.1) is 5.82 Å². The molecule has 1 aliphatic carbocycles. The van der Waals surface area contributed by atoms with Crippen LogP contribution in [-0.2, 0) is 10.2 Å². The second-order valence-electron chi connectivity index (χ2n) is 7.10. The number of H-pyrrole nitrogens is 1. The highest BCUT2D eigenvalue weighted by Crippen LogP contribution is 2.42. The molecular formula is C21H22FN3O. The number of aromatic nitrogens is 2. The van der Waals surface area contributed by atoms with Crippen LogP contribution in [0.5, 0.6) is 0 Å². The maximum Gasteiger partial charge on any atom is 0.231 e. The summed E-state index contributed by atoms with van der Waals surface area (Å²) in [5, 5.41) is 3.07. The number of carbonyl (C=O) groups excluding carboxylic acids is 1. The molecule has 0 radical (unpaired) electrons. The van der Waals surface area contributed by atoms with Crippen molar-refractivity contribution in [3.8, 4) is 0 Å². The minimum absolute atomic E-state index is 0.118. The number of para-hydroxylation sites is 2. The minimum Gasteiger partial charge on any atom is -0.346 e.